The van der Waals surface area contributed by atoms with Gasteiger partial charge in [0.05, 0.1) is 0 Å². The first-order valence-corrected chi connectivity index (χ1v) is 5.41. The summed E-state index contributed by atoms with van der Waals surface area (Å²) in [5.74, 6) is 6.04. The largest absolute Gasteiger partial charge is 0.340 e. The third-order valence-corrected chi connectivity index (χ3v) is 2.33. The van der Waals surface area contributed by atoms with Gasteiger partial charge < -0.3 is 5.32 Å². The first kappa shape index (κ1) is 12.3. The molecule has 2 aromatic rings. The predicted molar refractivity (Wildman–Crippen MR) is 70.0 cm³/mol. The number of aldehydes is 1. The Morgan fingerprint density at radius 3 is 2.89 bits per heavy atom. The van der Waals surface area contributed by atoms with Gasteiger partial charge in [-0.15, -0.1) is 0 Å². The average molecular weight is 264 g/mol. The second-order valence-electron chi connectivity index (χ2n) is 3.43. The Morgan fingerprint density at radius 1 is 1.33 bits per heavy atom. The number of benzene rings is 1. The number of carbonyl (C=O) groups is 1. The molecule has 1 heterocycles. The topological polar surface area (TPSA) is 92.9 Å². The molecule has 18 heavy (non-hydrogen) atoms. The number of aromatic nitrogens is 2. The summed E-state index contributed by atoms with van der Waals surface area (Å²) in [4.78, 5) is 18.7. The maximum absolute atomic E-state index is 10.7. The minimum Gasteiger partial charge on any atom is -0.340 e. The minimum absolute atomic E-state index is 0.289. The van der Waals surface area contributed by atoms with Crippen LogP contribution in [0, 0.1) is 0 Å². The van der Waals surface area contributed by atoms with Crippen molar-refractivity contribution in [2.45, 2.75) is 0 Å². The Kier molecular flexibility index (Phi) is 3.71. The summed E-state index contributed by atoms with van der Waals surface area (Å²) >= 11 is 5.89. The normalized spacial score (nSPS) is 9.89. The quantitative estimate of drug-likeness (QED) is 0.444. The van der Waals surface area contributed by atoms with Gasteiger partial charge in [0.2, 0.25) is 5.95 Å². The van der Waals surface area contributed by atoms with Gasteiger partial charge in [0.15, 0.2) is 0 Å². The van der Waals surface area contributed by atoms with Crippen LogP contribution in [0.1, 0.15) is 10.4 Å². The van der Waals surface area contributed by atoms with Crippen molar-refractivity contribution in [1.29, 1.82) is 0 Å². The highest BCUT2D eigenvalue weighted by Crippen LogP contribution is 2.21. The summed E-state index contributed by atoms with van der Waals surface area (Å²) in [6.45, 7) is 0. The molecule has 0 aliphatic rings. The zero-order chi connectivity index (χ0) is 13.0. The van der Waals surface area contributed by atoms with Gasteiger partial charge in [0.1, 0.15) is 12.1 Å². The molecule has 0 aliphatic heterocycles. The number of anilines is 3. The van der Waals surface area contributed by atoms with Crippen LogP contribution in [-0.4, -0.2) is 16.3 Å². The van der Waals surface area contributed by atoms with E-state index in [9.17, 15) is 4.79 Å². The fraction of sp³-hybridized carbons (Fsp3) is 0. The minimum atomic E-state index is 0.289. The van der Waals surface area contributed by atoms with Crippen molar-refractivity contribution in [3.8, 4) is 0 Å². The SMILES string of the molecule is NNc1nccc(Nc2cc(Cl)cc(C=O)c2)n1. The molecule has 0 bridgehead atoms. The second-order valence-corrected chi connectivity index (χ2v) is 3.86. The zero-order valence-corrected chi connectivity index (χ0v) is 9.98. The zero-order valence-electron chi connectivity index (χ0n) is 9.22. The number of rotatable bonds is 4. The van der Waals surface area contributed by atoms with Crippen molar-refractivity contribution >= 4 is 35.3 Å². The molecule has 0 saturated heterocycles. The van der Waals surface area contributed by atoms with Crippen molar-refractivity contribution in [3.05, 3.63) is 41.0 Å². The van der Waals surface area contributed by atoms with E-state index in [2.05, 4.69) is 20.7 Å². The van der Waals surface area contributed by atoms with Gasteiger partial charge in [-0.25, -0.2) is 10.8 Å². The van der Waals surface area contributed by atoms with Crippen LogP contribution >= 0.6 is 11.6 Å². The van der Waals surface area contributed by atoms with Crippen LogP contribution in [0.5, 0.6) is 0 Å². The van der Waals surface area contributed by atoms with Crippen molar-refractivity contribution in [3.63, 3.8) is 0 Å². The lowest BCUT2D eigenvalue weighted by atomic mass is 10.2. The average Bonchev–Trinajstić information content (AvgIpc) is 2.38. The fourth-order valence-electron chi connectivity index (χ4n) is 1.40. The number of nitrogens with two attached hydrogens (primary N) is 1. The van der Waals surface area contributed by atoms with E-state index >= 15 is 0 Å². The number of nitrogens with one attached hydrogen (secondary N) is 2. The summed E-state index contributed by atoms with van der Waals surface area (Å²) in [5, 5.41) is 3.47. The van der Waals surface area contributed by atoms with Crippen molar-refractivity contribution in [2.24, 2.45) is 5.84 Å². The van der Waals surface area contributed by atoms with Crippen LogP contribution in [0.3, 0.4) is 0 Å². The third-order valence-electron chi connectivity index (χ3n) is 2.11. The number of halogens is 1. The molecule has 0 amide bonds. The Hall–Kier alpha value is -2.18. The van der Waals surface area contributed by atoms with Gasteiger partial charge in [-0.3, -0.25) is 10.2 Å². The second kappa shape index (κ2) is 5.44. The lowest BCUT2D eigenvalue weighted by molar-refractivity contribution is 0.112. The highest BCUT2D eigenvalue weighted by atomic mass is 35.5. The first-order valence-electron chi connectivity index (χ1n) is 5.04. The number of hydrogen-bond donors (Lipinski definition) is 3. The summed E-state index contributed by atoms with van der Waals surface area (Å²) in [7, 11) is 0. The molecular weight excluding hydrogens is 254 g/mol. The van der Waals surface area contributed by atoms with Crippen molar-refractivity contribution < 1.29 is 4.79 Å². The molecule has 1 aromatic carbocycles. The molecule has 1 aromatic heterocycles. The maximum atomic E-state index is 10.7. The van der Waals surface area contributed by atoms with E-state index in [1.54, 1.807) is 30.5 Å². The third kappa shape index (κ3) is 2.93. The summed E-state index contributed by atoms with van der Waals surface area (Å²) in [5.41, 5.74) is 3.48. The summed E-state index contributed by atoms with van der Waals surface area (Å²) in [6, 6.07) is 6.59. The highest BCUT2D eigenvalue weighted by molar-refractivity contribution is 6.31. The van der Waals surface area contributed by atoms with E-state index in [4.69, 9.17) is 17.4 Å². The van der Waals surface area contributed by atoms with Gasteiger partial charge in [0.25, 0.3) is 0 Å². The van der Waals surface area contributed by atoms with Crippen LogP contribution in [0.25, 0.3) is 0 Å². The molecular formula is C11H10ClN5O. The summed E-state index contributed by atoms with van der Waals surface area (Å²) in [6.07, 6.45) is 2.28. The van der Waals surface area contributed by atoms with Crippen LogP contribution < -0.4 is 16.6 Å². The molecule has 4 N–H and O–H groups in total. The van der Waals surface area contributed by atoms with E-state index in [-0.39, 0.29) is 5.95 Å². The number of nitrogens with zero attached hydrogens (tertiary/aromatic N) is 2. The van der Waals surface area contributed by atoms with Gasteiger partial charge in [-0.05, 0) is 24.3 Å². The van der Waals surface area contributed by atoms with E-state index in [0.29, 0.717) is 22.1 Å². The highest BCUT2D eigenvalue weighted by Gasteiger charge is 2.02. The molecule has 0 unspecified atom stereocenters. The molecule has 92 valence electrons. The van der Waals surface area contributed by atoms with Crippen LogP contribution in [0.2, 0.25) is 5.02 Å². The molecule has 6 nitrogen and oxygen atoms in total. The van der Waals surface area contributed by atoms with Crippen molar-refractivity contribution in [2.75, 3.05) is 10.7 Å². The standard InChI is InChI=1S/C11H10ClN5O/c12-8-3-7(6-18)4-9(5-8)15-10-1-2-14-11(16-10)17-13/h1-6H,13H2,(H2,14,15,16,17). The maximum Gasteiger partial charge on any atom is 0.239 e. The van der Waals surface area contributed by atoms with E-state index in [1.165, 1.54) is 0 Å². The number of hydrogen-bond acceptors (Lipinski definition) is 6. The van der Waals surface area contributed by atoms with Gasteiger partial charge in [-0.2, -0.15) is 4.98 Å². The number of hydrazine groups is 1. The molecule has 0 fully saturated rings. The van der Waals surface area contributed by atoms with Crippen LogP contribution in [-0.2, 0) is 0 Å². The Bertz CT molecular complexity index is 575. The molecule has 0 atom stereocenters. The number of carbonyl (C=O) groups excluding carboxylic acids is 1. The summed E-state index contributed by atoms with van der Waals surface area (Å²) < 4.78 is 0. The Labute approximate surface area is 108 Å². The van der Waals surface area contributed by atoms with Crippen molar-refractivity contribution in [1.82, 2.24) is 9.97 Å². The Morgan fingerprint density at radius 2 is 2.17 bits per heavy atom. The lowest BCUT2D eigenvalue weighted by Gasteiger charge is -2.07. The van der Waals surface area contributed by atoms with E-state index in [1.807, 2.05) is 0 Å². The molecule has 2 rings (SSSR count). The first-order chi connectivity index (χ1) is 8.71. The fourth-order valence-corrected chi connectivity index (χ4v) is 1.64. The molecule has 0 aliphatic carbocycles. The van der Waals surface area contributed by atoms with Crippen LogP contribution in [0.4, 0.5) is 17.5 Å². The van der Waals surface area contributed by atoms with Gasteiger partial charge in [0, 0.05) is 22.5 Å². The number of nitrogen functional groups attached to an aromatic ring is 1. The van der Waals surface area contributed by atoms with E-state index in [0.717, 1.165) is 6.29 Å². The molecule has 0 saturated carbocycles. The lowest BCUT2D eigenvalue weighted by Crippen LogP contribution is -2.10. The molecule has 0 radical (unpaired) electrons. The van der Waals surface area contributed by atoms with E-state index < -0.39 is 0 Å². The Balaban J connectivity index is 2.27. The molecule has 7 heteroatoms. The van der Waals surface area contributed by atoms with Gasteiger partial charge >= 0.3 is 0 Å². The smallest absolute Gasteiger partial charge is 0.239 e. The van der Waals surface area contributed by atoms with Gasteiger partial charge in [-0.1, -0.05) is 11.6 Å². The molecule has 0 spiro atoms. The monoisotopic (exact) mass is 263 g/mol. The van der Waals surface area contributed by atoms with Crippen LogP contribution in [0.15, 0.2) is 30.5 Å². The predicted octanol–water partition coefficient (Wildman–Crippen LogP) is 1.97.